The Hall–Kier alpha value is -6.01. The quantitative estimate of drug-likeness (QED) is 0.0181. The highest BCUT2D eigenvalue weighted by molar-refractivity contribution is 7.46. The largest absolute Gasteiger partial charge is 0.496 e. The number of non-ortho nitro benzene ring substituents is 1. The number of aliphatic hydroxyl groups excluding tert-OH is 1. The number of likely N-dealkylation sites (tertiary alicyclic amines) is 1. The van der Waals surface area contributed by atoms with Gasteiger partial charge in [0, 0.05) is 62.6 Å². The lowest BCUT2D eigenvalue weighted by Crippen LogP contribution is -2.61. The number of benzene rings is 1. The van der Waals surface area contributed by atoms with Gasteiger partial charge in [-0.1, -0.05) is 19.0 Å². The van der Waals surface area contributed by atoms with E-state index in [1.54, 1.807) is 10.6 Å². The fourth-order valence-corrected chi connectivity index (χ4v) is 7.47. The molecule has 6 atom stereocenters. The summed E-state index contributed by atoms with van der Waals surface area (Å²) in [6.45, 7) is 5.97. The summed E-state index contributed by atoms with van der Waals surface area (Å²) in [6.07, 6.45) is 5.06. The van der Waals surface area contributed by atoms with Crippen LogP contribution in [0, 0.1) is 16.0 Å². The molecular formula is C39H59N10O15P. The van der Waals surface area contributed by atoms with E-state index in [-0.39, 0.29) is 37.0 Å². The van der Waals surface area contributed by atoms with Crippen molar-refractivity contribution in [2.45, 2.75) is 115 Å². The number of nitro groups is 1. The lowest BCUT2D eigenvalue weighted by molar-refractivity contribution is -0.384. The molecule has 25 nitrogen and oxygen atoms in total. The number of aromatic nitrogens is 2. The van der Waals surface area contributed by atoms with Crippen molar-refractivity contribution < 1.29 is 67.2 Å². The number of amides is 6. The van der Waals surface area contributed by atoms with Gasteiger partial charge in [-0.15, -0.1) is 0 Å². The number of carbonyl (C=O) groups excluding carboxylic acids is 6. The minimum absolute atomic E-state index is 0.109. The van der Waals surface area contributed by atoms with Crippen LogP contribution in [-0.4, -0.2) is 139 Å². The Morgan fingerprint density at radius 2 is 1.72 bits per heavy atom. The number of hydrogen-bond acceptors (Lipinski definition) is 15. The van der Waals surface area contributed by atoms with Crippen molar-refractivity contribution in [2.24, 2.45) is 16.8 Å². The van der Waals surface area contributed by atoms with Gasteiger partial charge in [0.15, 0.2) is 0 Å². The van der Waals surface area contributed by atoms with Crippen LogP contribution in [0.1, 0.15) is 71.1 Å². The van der Waals surface area contributed by atoms with Gasteiger partial charge < -0.3 is 60.9 Å². The molecule has 0 aliphatic carbocycles. The molecule has 0 bridgehead atoms. The number of primary amides is 1. The van der Waals surface area contributed by atoms with E-state index in [1.165, 1.54) is 49.8 Å². The summed E-state index contributed by atoms with van der Waals surface area (Å²) >= 11 is 0. The Morgan fingerprint density at radius 1 is 1.05 bits per heavy atom. The number of nitro benzene ring substituents is 1. The summed E-state index contributed by atoms with van der Waals surface area (Å²) in [5.41, 5.74) is 6.35. The van der Waals surface area contributed by atoms with Crippen molar-refractivity contribution in [3.63, 3.8) is 0 Å². The number of nitrogens with zero attached hydrogens (tertiary/aromatic N) is 5. The van der Waals surface area contributed by atoms with E-state index < -0.39 is 85.2 Å². The lowest BCUT2D eigenvalue weighted by atomic mass is 10.0. The van der Waals surface area contributed by atoms with Crippen LogP contribution in [0.3, 0.4) is 0 Å². The van der Waals surface area contributed by atoms with Gasteiger partial charge >= 0.3 is 7.82 Å². The number of aliphatic hydroxyl groups is 1. The van der Waals surface area contributed by atoms with E-state index in [2.05, 4.69) is 35.9 Å². The van der Waals surface area contributed by atoms with Crippen LogP contribution in [0.4, 0.5) is 5.69 Å². The molecule has 6 amide bonds. The Balaban J connectivity index is 1.76. The fraction of sp³-hybridized carbons (Fsp3) is 0.590. The first-order valence-corrected chi connectivity index (χ1v) is 22.3. The number of ether oxygens (including phenoxy) is 1. The summed E-state index contributed by atoms with van der Waals surface area (Å²) in [5, 5.41) is 35.0. The Morgan fingerprint density at radius 3 is 2.34 bits per heavy atom. The normalized spacial score (nSPS) is 16.3. The highest BCUT2D eigenvalue weighted by Crippen LogP contribution is 2.38. The van der Waals surface area contributed by atoms with Crippen LogP contribution in [0.25, 0.3) is 0 Å². The summed E-state index contributed by atoms with van der Waals surface area (Å²) in [6, 6.07) is -2.78. The number of hydrogen-bond donors (Lipinski definition) is 8. The number of aryl methyl sites for hydroxylation is 1. The molecule has 26 heteroatoms. The first-order chi connectivity index (χ1) is 30.6. The summed E-state index contributed by atoms with van der Waals surface area (Å²) < 4.78 is 22.8. The average molecular weight is 939 g/mol. The van der Waals surface area contributed by atoms with E-state index in [0.717, 1.165) is 6.92 Å². The summed E-state index contributed by atoms with van der Waals surface area (Å²) in [7, 11) is -3.74. The maximum absolute atomic E-state index is 14.0. The van der Waals surface area contributed by atoms with Gasteiger partial charge in [0.05, 0.1) is 37.1 Å². The fourth-order valence-electron chi connectivity index (χ4n) is 6.92. The molecule has 1 aliphatic rings. The Labute approximate surface area is 374 Å². The molecule has 3 rings (SSSR count). The number of phosphoric ester groups is 1. The molecule has 2 heterocycles. The highest BCUT2D eigenvalue weighted by Gasteiger charge is 2.37. The number of nitrogens with two attached hydrogens (primary N) is 1. The Bertz CT molecular complexity index is 2060. The highest BCUT2D eigenvalue weighted by atomic mass is 31.2. The molecule has 0 radical (unpaired) electrons. The average Bonchev–Trinajstić information content (AvgIpc) is 3.91. The second-order valence-electron chi connectivity index (χ2n) is 15.6. The van der Waals surface area contributed by atoms with Crippen LogP contribution in [-0.2, 0) is 62.1 Å². The van der Waals surface area contributed by atoms with Crippen molar-refractivity contribution >= 4 is 55.2 Å². The van der Waals surface area contributed by atoms with Crippen molar-refractivity contribution in [2.75, 3.05) is 26.9 Å². The first-order valence-electron chi connectivity index (χ1n) is 20.7. The SMILES string of the molecule is COc1cc([N+](=O)[O-])ccc1C/C=N/OCCCCn1cncc1C[C@H](NC(=O)[C@H](CC(C)C)NC(=O)[C@@H]1CCCN1C(C)=O)C(=O)N[C@@H](CO)C(=O)N[C@H](C(N)=O)[C@@H](C)OP(=O)(O)O. The minimum Gasteiger partial charge on any atom is -0.496 e. The van der Waals surface area contributed by atoms with Crippen molar-refractivity contribution in [3.8, 4) is 5.75 Å². The molecule has 2 aromatic rings. The van der Waals surface area contributed by atoms with Crippen LogP contribution >= 0.6 is 7.82 Å². The number of carbonyl (C=O) groups is 6. The van der Waals surface area contributed by atoms with E-state index >= 15 is 0 Å². The predicted octanol–water partition coefficient (Wildman–Crippen LogP) is -0.661. The minimum atomic E-state index is -5.14. The molecule has 1 fully saturated rings. The number of phosphoric acid groups is 1. The molecule has 1 aromatic heterocycles. The maximum Gasteiger partial charge on any atom is 0.469 e. The van der Waals surface area contributed by atoms with Crippen LogP contribution in [0.15, 0.2) is 35.9 Å². The number of nitrogens with one attached hydrogen (secondary N) is 4. The van der Waals surface area contributed by atoms with Crippen molar-refractivity contribution in [1.29, 1.82) is 0 Å². The van der Waals surface area contributed by atoms with Gasteiger partial charge in [-0.2, -0.15) is 0 Å². The molecule has 1 aromatic carbocycles. The van der Waals surface area contributed by atoms with Gasteiger partial charge in [-0.3, -0.25) is 43.4 Å². The maximum atomic E-state index is 14.0. The van der Waals surface area contributed by atoms with Crippen LogP contribution < -0.4 is 31.7 Å². The molecule has 65 heavy (non-hydrogen) atoms. The lowest BCUT2D eigenvalue weighted by Gasteiger charge is -2.28. The third-order valence-electron chi connectivity index (χ3n) is 10.2. The number of methoxy groups -OCH3 is 1. The monoisotopic (exact) mass is 938 g/mol. The van der Waals surface area contributed by atoms with Gasteiger partial charge in [0.2, 0.25) is 35.4 Å². The number of imidazole rings is 1. The smallest absolute Gasteiger partial charge is 0.469 e. The van der Waals surface area contributed by atoms with Gasteiger partial charge in [0.25, 0.3) is 5.69 Å². The zero-order valence-electron chi connectivity index (χ0n) is 36.8. The second kappa shape index (κ2) is 25.5. The molecule has 0 spiro atoms. The summed E-state index contributed by atoms with van der Waals surface area (Å²) in [5.74, 6) is -4.82. The van der Waals surface area contributed by atoms with E-state index in [4.69, 9.17) is 15.3 Å². The van der Waals surface area contributed by atoms with Gasteiger partial charge in [0.1, 0.15) is 42.6 Å². The zero-order chi connectivity index (χ0) is 48.4. The van der Waals surface area contributed by atoms with Crippen LogP contribution in [0.2, 0.25) is 0 Å². The molecule has 9 N–H and O–H groups in total. The van der Waals surface area contributed by atoms with Crippen molar-refractivity contribution in [3.05, 3.63) is 52.1 Å². The van der Waals surface area contributed by atoms with E-state index in [9.17, 15) is 58.3 Å². The van der Waals surface area contributed by atoms with Crippen LogP contribution in [0.5, 0.6) is 5.75 Å². The van der Waals surface area contributed by atoms with E-state index in [0.29, 0.717) is 62.2 Å². The van der Waals surface area contributed by atoms with Crippen molar-refractivity contribution in [1.82, 2.24) is 35.7 Å². The van der Waals surface area contributed by atoms with Gasteiger partial charge in [-0.05, 0) is 51.0 Å². The van der Waals surface area contributed by atoms with Gasteiger partial charge in [-0.25, -0.2) is 9.55 Å². The number of unbranched alkanes of at least 4 members (excludes halogenated alkanes) is 1. The Kier molecular flexibility index (Phi) is 20.9. The number of rotatable bonds is 27. The predicted molar refractivity (Wildman–Crippen MR) is 229 cm³/mol. The molecule has 1 aliphatic heterocycles. The summed E-state index contributed by atoms with van der Waals surface area (Å²) in [4.78, 5) is 119. The molecular weight excluding hydrogens is 879 g/mol. The first kappa shape index (κ1) is 53.3. The third-order valence-corrected chi connectivity index (χ3v) is 10.8. The third kappa shape index (κ3) is 17.1. The number of oxime groups is 1. The van der Waals surface area contributed by atoms with E-state index in [1.807, 2.05) is 13.8 Å². The molecule has 360 valence electrons. The molecule has 0 saturated carbocycles. The second-order valence-corrected chi connectivity index (χ2v) is 16.8. The standard InChI is InChI=1S/C39H59N10O15P/c1-23(2)17-29(44-39(56)32-9-8-15-48(32)25(4)51)36(53)43-30(37(54)45-31(21-50)38(55)46-34(35(40)52)24(3)64-65(59,60)61)18-28-20-41-22-47(28)14-6-7-16-63-42-13-12-26-10-11-27(49(57)58)19-33(26)62-5/h10-11,13,19-20,22-24,29-32,34,50H,6-9,12,14-18,21H2,1-5H3,(H2,40,52)(H,43,53)(H,44,56)(H,45,54)(H,46,55)(H2,59,60,61)/b42-13+/t24-,29+,30+,31+,32+,34+/m1/s1. The molecule has 1 saturated heterocycles. The zero-order valence-corrected chi connectivity index (χ0v) is 37.7. The topological polar surface area (TPSA) is 359 Å². The molecule has 0 unspecified atom stereocenters.